The fraction of sp³-hybridized carbons (Fsp3) is 0.400. The van der Waals surface area contributed by atoms with Crippen molar-refractivity contribution < 1.29 is 14.3 Å². The number of carbonyl (C=O) groups is 1. The highest BCUT2D eigenvalue weighted by atomic mass is 16.6. The number of hydrogen-bond acceptors (Lipinski definition) is 7. The van der Waals surface area contributed by atoms with Gasteiger partial charge < -0.3 is 24.7 Å². The van der Waals surface area contributed by atoms with Gasteiger partial charge in [0, 0.05) is 50.7 Å². The van der Waals surface area contributed by atoms with Crippen LogP contribution in [0.5, 0.6) is 11.5 Å². The predicted molar refractivity (Wildman–Crippen MR) is 172 cm³/mol. The smallest absolute Gasteiger partial charge is 0.410 e. The third-order valence-electron chi connectivity index (χ3n) is 8.37. The van der Waals surface area contributed by atoms with Gasteiger partial charge in [-0.3, -0.25) is 4.90 Å². The van der Waals surface area contributed by atoms with E-state index in [4.69, 9.17) is 15.2 Å². The van der Waals surface area contributed by atoms with Gasteiger partial charge in [0.2, 0.25) is 0 Å². The molecule has 0 unspecified atom stereocenters. The minimum absolute atomic E-state index is 0.215. The molecule has 2 N–H and O–H groups in total. The third-order valence-corrected chi connectivity index (χ3v) is 8.37. The van der Waals surface area contributed by atoms with Crippen LogP contribution in [0.1, 0.15) is 44.9 Å². The zero-order valence-corrected chi connectivity index (χ0v) is 26.1. The molecular weight excluding hydrogens is 552 g/mol. The highest BCUT2D eigenvalue weighted by Crippen LogP contribution is 2.38. The molecule has 228 valence electrons. The molecular formula is C35H40N6O3. The van der Waals surface area contributed by atoms with E-state index in [1.807, 2.05) is 86.7 Å². The van der Waals surface area contributed by atoms with Crippen molar-refractivity contribution in [1.29, 1.82) is 0 Å². The van der Waals surface area contributed by atoms with Gasteiger partial charge in [-0.15, -0.1) is 0 Å². The van der Waals surface area contributed by atoms with Crippen LogP contribution in [0.2, 0.25) is 0 Å². The molecule has 0 radical (unpaired) electrons. The van der Waals surface area contributed by atoms with Crippen LogP contribution in [0.3, 0.4) is 0 Å². The number of likely N-dealkylation sites (tertiary alicyclic amines) is 2. The SMILES string of the molecule is Cc1cc(-c2c(C#CC3CN(C4CCN(C(=O)OC(C)(C)C)CC4)C3)n(C)c3ncnc(N)c23)ccc1Oc1ccccc1. The Labute approximate surface area is 259 Å². The fourth-order valence-electron chi connectivity index (χ4n) is 6.05. The van der Waals surface area contributed by atoms with Gasteiger partial charge in [0.25, 0.3) is 0 Å². The van der Waals surface area contributed by atoms with Crippen LogP contribution in [0.25, 0.3) is 22.2 Å². The van der Waals surface area contributed by atoms with Crippen LogP contribution in [0.15, 0.2) is 54.9 Å². The van der Waals surface area contributed by atoms with Gasteiger partial charge in [0.05, 0.1) is 5.39 Å². The highest BCUT2D eigenvalue weighted by Gasteiger charge is 2.35. The summed E-state index contributed by atoms with van der Waals surface area (Å²) in [4.78, 5) is 25.6. The van der Waals surface area contributed by atoms with Gasteiger partial charge >= 0.3 is 6.09 Å². The third kappa shape index (κ3) is 6.08. The van der Waals surface area contributed by atoms with Crippen molar-refractivity contribution in [2.75, 3.05) is 31.9 Å². The summed E-state index contributed by atoms with van der Waals surface area (Å²) in [5, 5.41) is 0.808. The van der Waals surface area contributed by atoms with E-state index in [0.717, 1.165) is 83.9 Å². The number of amides is 1. The summed E-state index contributed by atoms with van der Waals surface area (Å²) in [5.41, 5.74) is 10.5. The van der Waals surface area contributed by atoms with Gasteiger partial charge in [-0.05, 0) is 81.8 Å². The number of nitrogens with two attached hydrogens (primary N) is 1. The lowest BCUT2D eigenvalue weighted by atomic mass is 9.93. The number of hydrogen-bond donors (Lipinski definition) is 1. The standard InChI is InChI=1S/C35H40N6O3/c1-23-19-25(12-14-29(23)43-27-9-7-6-8-10-27)30-28(39(5)33-31(30)32(36)37-22-38-33)13-11-24-20-41(21-24)26-15-17-40(18-16-26)34(42)44-35(2,3)4/h6-10,12,14,19,22,24,26H,15-18,20-21H2,1-5H3,(H2,36,37,38). The Morgan fingerprint density at radius 1 is 1.05 bits per heavy atom. The maximum absolute atomic E-state index is 12.4. The van der Waals surface area contributed by atoms with Crippen LogP contribution in [0, 0.1) is 24.7 Å². The molecule has 0 spiro atoms. The van der Waals surface area contributed by atoms with Crippen molar-refractivity contribution in [3.63, 3.8) is 0 Å². The Kier molecular flexibility index (Phi) is 7.95. The molecule has 44 heavy (non-hydrogen) atoms. The summed E-state index contributed by atoms with van der Waals surface area (Å²) in [6.07, 6.45) is 3.19. The molecule has 2 aromatic heterocycles. The first-order valence-corrected chi connectivity index (χ1v) is 15.2. The van der Waals surface area contributed by atoms with Gasteiger partial charge in [-0.1, -0.05) is 30.2 Å². The zero-order valence-electron chi connectivity index (χ0n) is 26.1. The number of fused-ring (bicyclic) bond motifs is 1. The number of piperidine rings is 1. The molecule has 2 aliphatic heterocycles. The highest BCUT2D eigenvalue weighted by molar-refractivity contribution is 6.03. The molecule has 6 rings (SSSR count). The number of aromatic nitrogens is 3. The minimum atomic E-state index is -0.473. The number of benzene rings is 2. The largest absolute Gasteiger partial charge is 0.457 e. The second kappa shape index (κ2) is 11.9. The van der Waals surface area contributed by atoms with E-state index in [0.29, 0.717) is 11.9 Å². The molecule has 4 heterocycles. The first-order valence-electron chi connectivity index (χ1n) is 15.2. The van der Waals surface area contributed by atoms with Gasteiger partial charge in [-0.25, -0.2) is 14.8 Å². The van der Waals surface area contributed by atoms with Crippen molar-refractivity contribution in [3.8, 4) is 34.5 Å². The number of aryl methyl sites for hydroxylation is 2. The maximum Gasteiger partial charge on any atom is 0.410 e. The predicted octanol–water partition coefficient (Wildman–Crippen LogP) is 6.00. The normalized spacial score (nSPS) is 16.3. The Morgan fingerprint density at radius 3 is 2.45 bits per heavy atom. The number of nitrogens with zero attached hydrogens (tertiary/aromatic N) is 5. The fourth-order valence-corrected chi connectivity index (χ4v) is 6.05. The average Bonchev–Trinajstić information content (AvgIpc) is 3.25. The Hall–Kier alpha value is -4.55. The van der Waals surface area contributed by atoms with E-state index >= 15 is 0 Å². The van der Waals surface area contributed by atoms with Crippen molar-refractivity contribution in [1.82, 2.24) is 24.3 Å². The van der Waals surface area contributed by atoms with Crippen molar-refractivity contribution in [2.24, 2.45) is 13.0 Å². The molecule has 0 saturated carbocycles. The summed E-state index contributed by atoms with van der Waals surface area (Å²) in [7, 11) is 1.98. The van der Waals surface area contributed by atoms with E-state index in [-0.39, 0.29) is 12.0 Å². The first kappa shape index (κ1) is 29.5. The zero-order chi connectivity index (χ0) is 31.0. The van der Waals surface area contributed by atoms with Crippen LogP contribution < -0.4 is 10.5 Å². The number of rotatable bonds is 4. The molecule has 4 aromatic rings. The molecule has 2 aromatic carbocycles. The minimum Gasteiger partial charge on any atom is -0.457 e. The number of carbonyl (C=O) groups excluding carboxylic acids is 1. The lowest BCUT2D eigenvalue weighted by Crippen LogP contribution is -2.55. The van der Waals surface area contributed by atoms with Gasteiger partial charge in [-0.2, -0.15) is 0 Å². The lowest BCUT2D eigenvalue weighted by molar-refractivity contribution is 0.00411. The monoisotopic (exact) mass is 592 g/mol. The number of para-hydroxylation sites is 1. The topological polar surface area (TPSA) is 98.7 Å². The second-order valence-corrected chi connectivity index (χ2v) is 12.8. The molecule has 9 heteroatoms. The number of nitrogen functional groups attached to an aromatic ring is 1. The first-order chi connectivity index (χ1) is 21.1. The van der Waals surface area contributed by atoms with E-state index in [1.165, 1.54) is 6.33 Å². The molecule has 2 fully saturated rings. The van der Waals surface area contributed by atoms with Crippen LogP contribution in [0.4, 0.5) is 10.6 Å². The van der Waals surface area contributed by atoms with Gasteiger partial charge in [0.1, 0.15) is 40.6 Å². The second-order valence-electron chi connectivity index (χ2n) is 12.8. The van der Waals surface area contributed by atoms with E-state index in [2.05, 4.69) is 32.8 Å². The van der Waals surface area contributed by atoms with Crippen molar-refractivity contribution in [2.45, 2.75) is 52.2 Å². The summed E-state index contributed by atoms with van der Waals surface area (Å²) in [6, 6.07) is 16.4. The summed E-state index contributed by atoms with van der Waals surface area (Å²) >= 11 is 0. The van der Waals surface area contributed by atoms with E-state index in [1.54, 1.807) is 0 Å². The maximum atomic E-state index is 12.4. The van der Waals surface area contributed by atoms with Crippen LogP contribution in [-0.2, 0) is 11.8 Å². The van der Waals surface area contributed by atoms with Crippen LogP contribution in [-0.4, -0.2) is 68.3 Å². The number of anilines is 1. The molecule has 0 bridgehead atoms. The Morgan fingerprint density at radius 2 is 1.77 bits per heavy atom. The summed E-state index contributed by atoms with van der Waals surface area (Å²) < 4.78 is 13.7. The van der Waals surface area contributed by atoms with Crippen LogP contribution >= 0.6 is 0 Å². The summed E-state index contributed by atoms with van der Waals surface area (Å²) in [5.74, 6) is 9.33. The molecule has 0 aliphatic carbocycles. The molecule has 2 saturated heterocycles. The quantitative estimate of drug-likeness (QED) is 0.290. The average molecular weight is 593 g/mol. The Balaban J connectivity index is 1.19. The lowest BCUT2D eigenvalue weighted by Gasteiger charge is -2.45. The van der Waals surface area contributed by atoms with E-state index < -0.39 is 5.60 Å². The van der Waals surface area contributed by atoms with E-state index in [9.17, 15) is 4.79 Å². The summed E-state index contributed by atoms with van der Waals surface area (Å²) in [6.45, 7) is 11.1. The van der Waals surface area contributed by atoms with Gasteiger partial charge in [0.15, 0.2) is 0 Å². The van der Waals surface area contributed by atoms with Crippen molar-refractivity contribution >= 4 is 22.9 Å². The number of ether oxygens (including phenoxy) is 2. The molecule has 1 amide bonds. The van der Waals surface area contributed by atoms with Crippen molar-refractivity contribution in [3.05, 3.63) is 66.1 Å². The molecule has 2 aliphatic rings. The molecule has 9 nitrogen and oxygen atoms in total. The molecule has 0 atom stereocenters. The Bertz CT molecular complexity index is 1730.